The van der Waals surface area contributed by atoms with Gasteiger partial charge in [-0.25, -0.2) is 0 Å². The van der Waals surface area contributed by atoms with Crippen LogP contribution < -0.4 is 10.1 Å². The molecule has 4 bridgehead atoms. The van der Waals surface area contributed by atoms with Crippen molar-refractivity contribution in [2.24, 2.45) is 17.8 Å². The minimum absolute atomic E-state index is 0.0385. The number of H-pyrrole nitrogens is 1. The number of ether oxygens (including phenoxy) is 1. The second-order valence-corrected chi connectivity index (χ2v) is 9.88. The molecule has 4 fully saturated rings. The van der Waals surface area contributed by atoms with Crippen LogP contribution in [0.2, 0.25) is 0 Å². The first kappa shape index (κ1) is 19.5. The maximum Gasteiger partial charge on any atom is 0.262 e. The van der Waals surface area contributed by atoms with Crippen LogP contribution in [-0.4, -0.2) is 33.1 Å². The van der Waals surface area contributed by atoms with Crippen molar-refractivity contribution in [1.82, 2.24) is 20.6 Å². The Labute approximate surface area is 187 Å². The van der Waals surface area contributed by atoms with Gasteiger partial charge in [-0.15, -0.1) is 10.2 Å². The SMILES string of the molecule is O=C(COc1ccc(C23CC4CC(CC(C4)C2)C3)cc1)Nc1cccc(-c2nn[nH]n2)c1. The quantitative estimate of drug-likeness (QED) is 0.608. The van der Waals surface area contributed by atoms with Gasteiger partial charge in [-0.1, -0.05) is 24.3 Å². The fraction of sp³-hybridized carbons (Fsp3) is 0.440. The van der Waals surface area contributed by atoms with Gasteiger partial charge in [0.1, 0.15) is 5.75 Å². The fourth-order valence-electron chi connectivity index (χ4n) is 6.73. The minimum Gasteiger partial charge on any atom is -0.484 e. The van der Waals surface area contributed by atoms with E-state index in [1.807, 2.05) is 36.4 Å². The van der Waals surface area contributed by atoms with Crippen LogP contribution in [0.3, 0.4) is 0 Å². The Bertz CT molecular complexity index is 1070. The lowest BCUT2D eigenvalue weighted by Gasteiger charge is -2.57. The molecule has 7 nitrogen and oxygen atoms in total. The molecule has 0 unspecified atom stereocenters. The number of hydrogen-bond donors (Lipinski definition) is 2. The summed E-state index contributed by atoms with van der Waals surface area (Å²) in [5.74, 6) is 3.80. The van der Waals surface area contributed by atoms with E-state index in [1.165, 1.54) is 44.1 Å². The number of anilines is 1. The van der Waals surface area contributed by atoms with Crippen molar-refractivity contribution in [3.8, 4) is 17.1 Å². The molecular weight excluding hydrogens is 402 g/mol. The standard InChI is InChI=1S/C25H27N5O2/c31-23(26-21-3-1-2-19(11-21)24-27-29-30-28-24)15-32-22-6-4-20(5-7-22)25-12-16-8-17(13-25)10-18(9-16)14-25/h1-7,11,16-18H,8-10,12-15H2,(H,26,31)(H,27,28,29,30). The second-order valence-electron chi connectivity index (χ2n) is 9.88. The van der Waals surface area contributed by atoms with E-state index in [0.29, 0.717) is 16.9 Å². The summed E-state index contributed by atoms with van der Waals surface area (Å²) in [7, 11) is 0. The molecule has 4 aliphatic rings. The number of rotatable bonds is 6. The molecule has 1 amide bonds. The molecule has 7 rings (SSSR count). The largest absolute Gasteiger partial charge is 0.484 e. The third kappa shape index (κ3) is 3.66. The molecule has 164 valence electrons. The molecule has 4 saturated carbocycles. The average Bonchev–Trinajstić information content (AvgIpc) is 3.32. The summed E-state index contributed by atoms with van der Waals surface area (Å²) < 4.78 is 5.76. The monoisotopic (exact) mass is 429 g/mol. The van der Waals surface area contributed by atoms with E-state index in [1.54, 1.807) is 0 Å². The summed E-state index contributed by atoms with van der Waals surface area (Å²) >= 11 is 0. The molecule has 7 heteroatoms. The molecule has 4 aliphatic carbocycles. The maximum atomic E-state index is 12.4. The van der Waals surface area contributed by atoms with Crippen LogP contribution in [0.25, 0.3) is 11.4 Å². The molecule has 2 N–H and O–H groups in total. The first-order valence-electron chi connectivity index (χ1n) is 11.5. The zero-order valence-electron chi connectivity index (χ0n) is 18.0. The number of hydrogen-bond acceptors (Lipinski definition) is 5. The Kier molecular flexibility index (Phi) is 4.70. The summed E-state index contributed by atoms with van der Waals surface area (Å²) in [6.07, 6.45) is 8.41. The summed E-state index contributed by atoms with van der Waals surface area (Å²) in [6.45, 7) is -0.0385. The van der Waals surface area contributed by atoms with E-state index >= 15 is 0 Å². The maximum absolute atomic E-state index is 12.4. The van der Waals surface area contributed by atoms with Gasteiger partial charge in [-0.2, -0.15) is 5.21 Å². The number of nitrogens with one attached hydrogen (secondary N) is 2. The molecule has 1 aromatic heterocycles. The molecule has 32 heavy (non-hydrogen) atoms. The van der Waals surface area contributed by atoms with E-state index in [2.05, 4.69) is 38.1 Å². The van der Waals surface area contributed by atoms with Gasteiger partial charge >= 0.3 is 0 Å². The zero-order chi connectivity index (χ0) is 21.5. The van der Waals surface area contributed by atoms with Crippen molar-refractivity contribution in [2.45, 2.75) is 43.9 Å². The van der Waals surface area contributed by atoms with Crippen LogP contribution in [0.15, 0.2) is 48.5 Å². The van der Waals surface area contributed by atoms with Crippen LogP contribution in [-0.2, 0) is 10.2 Å². The number of tetrazole rings is 1. The normalized spacial score (nSPS) is 27.9. The predicted octanol–water partition coefficient (Wildman–Crippen LogP) is 4.35. The van der Waals surface area contributed by atoms with Crippen LogP contribution in [0.4, 0.5) is 5.69 Å². The molecule has 0 atom stereocenters. The van der Waals surface area contributed by atoms with Crippen molar-refractivity contribution in [1.29, 1.82) is 0 Å². The number of nitrogens with zero attached hydrogens (tertiary/aromatic N) is 3. The van der Waals surface area contributed by atoms with Crippen LogP contribution in [0.5, 0.6) is 5.75 Å². The molecule has 0 aliphatic heterocycles. The Morgan fingerprint density at radius 1 is 1.03 bits per heavy atom. The van der Waals surface area contributed by atoms with E-state index in [0.717, 1.165) is 29.1 Å². The minimum atomic E-state index is -0.208. The molecular formula is C25H27N5O2. The van der Waals surface area contributed by atoms with Gasteiger partial charge in [0.2, 0.25) is 5.82 Å². The summed E-state index contributed by atoms with van der Waals surface area (Å²) in [4.78, 5) is 12.4. The molecule has 0 saturated heterocycles. The van der Waals surface area contributed by atoms with Gasteiger partial charge in [0.25, 0.3) is 5.91 Å². The molecule has 1 heterocycles. The van der Waals surface area contributed by atoms with Crippen molar-refractivity contribution < 1.29 is 9.53 Å². The van der Waals surface area contributed by atoms with E-state index in [-0.39, 0.29) is 12.5 Å². The number of aromatic nitrogens is 4. The van der Waals surface area contributed by atoms with Crippen molar-refractivity contribution >= 4 is 11.6 Å². The summed E-state index contributed by atoms with van der Waals surface area (Å²) in [5, 5.41) is 16.8. The van der Waals surface area contributed by atoms with E-state index in [4.69, 9.17) is 4.74 Å². The first-order chi connectivity index (χ1) is 15.6. The fourth-order valence-corrected chi connectivity index (χ4v) is 6.73. The number of benzene rings is 2. The molecule has 3 aromatic rings. The highest BCUT2D eigenvalue weighted by Crippen LogP contribution is 2.60. The Morgan fingerprint density at radius 3 is 2.41 bits per heavy atom. The Balaban J connectivity index is 1.07. The number of carbonyl (C=O) groups is 1. The van der Waals surface area contributed by atoms with Crippen molar-refractivity contribution in [2.75, 3.05) is 11.9 Å². The topological polar surface area (TPSA) is 92.8 Å². The Morgan fingerprint density at radius 2 is 1.75 bits per heavy atom. The number of aromatic amines is 1. The highest BCUT2D eigenvalue weighted by molar-refractivity contribution is 5.92. The summed E-state index contributed by atoms with van der Waals surface area (Å²) in [6, 6.07) is 15.8. The first-order valence-corrected chi connectivity index (χ1v) is 11.5. The van der Waals surface area contributed by atoms with Crippen LogP contribution in [0.1, 0.15) is 44.1 Å². The van der Waals surface area contributed by atoms with Gasteiger partial charge in [0.15, 0.2) is 6.61 Å². The average molecular weight is 430 g/mol. The van der Waals surface area contributed by atoms with Gasteiger partial charge in [-0.3, -0.25) is 4.79 Å². The number of carbonyl (C=O) groups excluding carboxylic acids is 1. The second kappa shape index (κ2) is 7.73. The molecule has 2 aromatic carbocycles. The highest BCUT2D eigenvalue weighted by atomic mass is 16.5. The predicted molar refractivity (Wildman–Crippen MR) is 120 cm³/mol. The van der Waals surface area contributed by atoms with E-state index < -0.39 is 0 Å². The van der Waals surface area contributed by atoms with Gasteiger partial charge in [0, 0.05) is 11.3 Å². The smallest absolute Gasteiger partial charge is 0.262 e. The molecule has 0 spiro atoms. The van der Waals surface area contributed by atoms with Crippen LogP contribution in [0, 0.1) is 17.8 Å². The van der Waals surface area contributed by atoms with Crippen LogP contribution >= 0.6 is 0 Å². The van der Waals surface area contributed by atoms with Gasteiger partial charge in [-0.05, 0) is 96.7 Å². The lowest BCUT2D eigenvalue weighted by atomic mass is 9.48. The third-order valence-corrected chi connectivity index (χ3v) is 7.62. The highest BCUT2D eigenvalue weighted by Gasteiger charge is 2.51. The van der Waals surface area contributed by atoms with E-state index in [9.17, 15) is 4.79 Å². The zero-order valence-corrected chi connectivity index (χ0v) is 18.0. The summed E-state index contributed by atoms with van der Waals surface area (Å²) in [5.41, 5.74) is 3.29. The van der Waals surface area contributed by atoms with Gasteiger partial charge in [0.05, 0.1) is 0 Å². The van der Waals surface area contributed by atoms with Crippen molar-refractivity contribution in [3.05, 3.63) is 54.1 Å². The van der Waals surface area contributed by atoms with Crippen molar-refractivity contribution in [3.63, 3.8) is 0 Å². The lowest BCUT2D eigenvalue weighted by molar-refractivity contribution is -0.118. The Hall–Kier alpha value is -3.22. The third-order valence-electron chi connectivity index (χ3n) is 7.62. The van der Waals surface area contributed by atoms with Gasteiger partial charge < -0.3 is 10.1 Å². The number of amides is 1. The lowest BCUT2D eigenvalue weighted by Crippen LogP contribution is -2.48. The molecule has 0 radical (unpaired) electrons.